The molecule has 2 saturated carbocycles. The first-order valence-electron chi connectivity index (χ1n) is 13.3. The maximum Gasteiger partial charge on any atom is 0.259 e. The second-order valence-electron chi connectivity index (χ2n) is 10.6. The van der Waals surface area contributed by atoms with E-state index in [1.54, 1.807) is 0 Å². The molecule has 4 atom stereocenters. The summed E-state index contributed by atoms with van der Waals surface area (Å²) in [5.74, 6) is -1.91. The van der Waals surface area contributed by atoms with Crippen LogP contribution in [-0.4, -0.2) is 66.4 Å². The number of nitrogens with zero attached hydrogens (tertiary/aromatic N) is 1. The Morgan fingerprint density at radius 1 is 1.11 bits per heavy atom. The van der Waals surface area contributed by atoms with Crippen LogP contribution in [0.5, 0.6) is 0 Å². The molecule has 3 fully saturated rings. The minimum Gasteiger partial charge on any atom is -0.344 e. The average Bonchev–Trinajstić information content (AvgIpc) is 3.73. The predicted molar refractivity (Wildman–Crippen MR) is 133 cm³/mol. The normalized spacial score (nSPS) is 32.2. The van der Waals surface area contributed by atoms with E-state index in [1.165, 1.54) is 4.90 Å². The van der Waals surface area contributed by atoms with Crippen LogP contribution in [0.25, 0.3) is 0 Å². The first-order valence-corrected chi connectivity index (χ1v) is 14.9. The molecule has 0 spiro atoms. The van der Waals surface area contributed by atoms with Crippen LogP contribution in [0.1, 0.15) is 84.0 Å². The van der Waals surface area contributed by atoms with Gasteiger partial charge in [-0.2, -0.15) is 0 Å². The monoisotopic (exact) mass is 522 g/mol. The Hall–Kier alpha value is -2.43. The highest BCUT2D eigenvalue weighted by Gasteiger charge is 2.61. The zero-order valence-electron chi connectivity index (χ0n) is 21.0. The van der Waals surface area contributed by atoms with Crippen molar-refractivity contribution < 1.29 is 27.6 Å². The van der Waals surface area contributed by atoms with Crippen molar-refractivity contribution in [1.29, 1.82) is 0 Å². The topological polar surface area (TPSA) is 142 Å². The number of hydrogen-bond acceptors (Lipinski definition) is 6. The number of carbonyl (C=O) groups is 4. The second kappa shape index (κ2) is 10.9. The number of sulfonamides is 1. The molecule has 4 aliphatic rings. The van der Waals surface area contributed by atoms with Gasteiger partial charge in [-0.25, -0.2) is 8.42 Å². The molecule has 0 aromatic heterocycles. The fourth-order valence-electron chi connectivity index (χ4n) is 5.27. The summed E-state index contributed by atoms with van der Waals surface area (Å²) in [6.07, 6.45) is 11.2. The van der Waals surface area contributed by atoms with Gasteiger partial charge in [-0.05, 0) is 57.8 Å². The first-order chi connectivity index (χ1) is 17.2. The molecule has 200 valence electrons. The first kappa shape index (κ1) is 26.6. The standard InChI is InChI=1S/C25H38N4O6S/c1-2-9-21(30)26-19-11-7-5-3-4-6-10-17-16-25(17,24(33)28-36(34,35)18-13-14-18)27-22(31)20-12-8-15-29(20)23(19)32/h6,10,17-20H,2-5,7-9,11-16H2,1H3,(H,26,30)(H,27,31)(H,28,33)/b10-6-/t17-,19?,20+,25-/m1/s1. The molecule has 10 nitrogen and oxygen atoms in total. The molecule has 2 aliphatic carbocycles. The van der Waals surface area contributed by atoms with Crippen molar-refractivity contribution in [3.8, 4) is 0 Å². The Kier molecular flexibility index (Phi) is 8.06. The van der Waals surface area contributed by atoms with E-state index in [-0.39, 0.29) is 17.7 Å². The van der Waals surface area contributed by atoms with Crippen LogP contribution in [0.2, 0.25) is 0 Å². The van der Waals surface area contributed by atoms with Crippen LogP contribution in [0, 0.1) is 5.92 Å². The van der Waals surface area contributed by atoms with Crippen LogP contribution in [0.15, 0.2) is 12.2 Å². The van der Waals surface area contributed by atoms with Crippen molar-refractivity contribution in [2.75, 3.05) is 6.54 Å². The maximum absolute atomic E-state index is 13.5. The van der Waals surface area contributed by atoms with E-state index >= 15 is 0 Å². The molecular weight excluding hydrogens is 484 g/mol. The molecule has 11 heteroatoms. The number of allylic oxidation sites excluding steroid dienone is 1. The van der Waals surface area contributed by atoms with Crippen molar-refractivity contribution in [3.05, 3.63) is 12.2 Å². The molecular formula is C25H38N4O6S. The van der Waals surface area contributed by atoms with Crippen molar-refractivity contribution in [2.24, 2.45) is 5.92 Å². The predicted octanol–water partition coefficient (Wildman–Crippen LogP) is 1.27. The summed E-state index contributed by atoms with van der Waals surface area (Å²) in [6, 6.07) is -1.45. The third-order valence-corrected chi connectivity index (χ3v) is 9.46. The van der Waals surface area contributed by atoms with Crippen molar-refractivity contribution in [2.45, 2.75) is 107 Å². The Labute approximate surface area is 213 Å². The van der Waals surface area contributed by atoms with E-state index in [9.17, 15) is 27.6 Å². The highest BCUT2D eigenvalue weighted by atomic mass is 32.2. The molecule has 4 amide bonds. The second-order valence-corrected chi connectivity index (χ2v) is 12.5. The van der Waals surface area contributed by atoms with Gasteiger partial charge in [-0.1, -0.05) is 31.9 Å². The largest absolute Gasteiger partial charge is 0.344 e. The van der Waals surface area contributed by atoms with E-state index < -0.39 is 44.7 Å². The average molecular weight is 523 g/mol. The summed E-state index contributed by atoms with van der Waals surface area (Å²) < 4.78 is 27.1. The van der Waals surface area contributed by atoms with Gasteiger partial charge in [0.1, 0.15) is 17.6 Å². The van der Waals surface area contributed by atoms with Gasteiger partial charge in [-0.3, -0.25) is 23.9 Å². The summed E-state index contributed by atoms with van der Waals surface area (Å²) in [5, 5.41) is 5.16. The number of rotatable bonds is 6. The van der Waals surface area contributed by atoms with Crippen LogP contribution in [0.4, 0.5) is 0 Å². The lowest BCUT2D eigenvalue weighted by atomic mass is 10.0. The molecule has 1 saturated heterocycles. The highest BCUT2D eigenvalue weighted by Crippen LogP contribution is 2.46. The summed E-state index contributed by atoms with van der Waals surface area (Å²) in [7, 11) is -3.76. The Balaban J connectivity index is 1.55. The van der Waals surface area contributed by atoms with Crippen LogP contribution in [-0.2, 0) is 29.2 Å². The summed E-state index contributed by atoms with van der Waals surface area (Å²) >= 11 is 0. The minimum absolute atomic E-state index is 0.176. The number of hydrogen-bond donors (Lipinski definition) is 3. The SMILES string of the molecule is CCCC(=O)NC1CCCCC/C=C\[C@@H]2C[C@@]2(C(=O)NS(=O)(=O)C2CC2)NC(=O)[C@@H]2CCCN2C1=O. The molecule has 36 heavy (non-hydrogen) atoms. The van der Waals surface area contributed by atoms with Gasteiger partial charge in [-0.15, -0.1) is 0 Å². The lowest BCUT2D eigenvalue weighted by Gasteiger charge is -2.30. The Morgan fingerprint density at radius 3 is 2.61 bits per heavy atom. The van der Waals surface area contributed by atoms with Gasteiger partial charge in [0.25, 0.3) is 5.91 Å². The molecule has 2 heterocycles. The summed E-state index contributed by atoms with van der Waals surface area (Å²) in [5.41, 5.74) is -1.33. The van der Waals surface area contributed by atoms with Gasteiger partial charge in [0.2, 0.25) is 27.7 Å². The van der Waals surface area contributed by atoms with E-state index in [4.69, 9.17) is 0 Å². The molecule has 3 N–H and O–H groups in total. The van der Waals surface area contributed by atoms with Gasteiger partial charge < -0.3 is 15.5 Å². The number of carbonyl (C=O) groups excluding carboxylic acids is 4. The van der Waals surface area contributed by atoms with E-state index in [2.05, 4.69) is 15.4 Å². The smallest absolute Gasteiger partial charge is 0.259 e. The van der Waals surface area contributed by atoms with Gasteiger partial charge in [0.15, 0.2) is 0 Å². The summed E-state index contributed by atoms with van der Waals surface area (Å²) in [6.45, 7) is 2.30. The maximum atomic E-state index is 13.5. The zero-order chi connectivity index (χ0) is 25.9. The zero-order valence-corrected chi connectivity index (χ0v) is 21.8. The third-order valence-electron chi connectivity index (χ3n) is 7.65. The van der Waals surface area contributed by atoms with E-state index in [1.807, 2.05) is 19.1 Å². The lowest BCUT2D eigenvalue weighted by Crippen LogP contribution is -2.58. The van der Waals surface area contributed by atoms with Crippen molar-refractivity contribution >= 4 is 33.7 Å². The van der Waals surface area contributed by atoms with E-state index in [0.29, 0.717) is 57.9 Å². The van der Waals surface area contributed by atoms with Crippen LogP contribution in [0.3, 0.4) is 0 Å². The van der Waals surface area contributed by atoms with Crippen molar-refractivity contribution in [3.63, 3.8) is 0 Å². The Morgan fingerprint density at radius 2 is 1.89 bits per heavy atom. The molecule has 4 rings (SSSR count). The third kappa shape index (κ3) is 5.92. The fourth-order valence-corrected chi connectivity index (χ4v) is 6.63. The summed E-state index contributed by atoms with van der Waals surface area (Å²) in [4.78, 5) is 53.9. The Bertz CT molecular complexity index is 1020. The molecule has 2 aliphatic heterocycles. The van der Waals surface area contributed by atoms with E-state index in [0.717, 1.165) is 25.7 Å². The van der Waals surface area contributed by atoms with Crippen molar-refractivity contribution in [1.82, 2.24) is 20.3 Å². The molecule has 0 radical (unpaired) electrons. The lowest BCUT2D eigenvalue weighted by molar-refractivity contribution is -0.142. The highest BCUT2D eigenvalue weighted by molar-refractivity contribution is 7.91. The van der Waals surface area contributed by atoms with Gasteiger partial charge >= 0.3 is 0 Å². The molecule has 0 aromatic rings. The van der Waals surface area contributed by atoms with Crippen LogP contribution < -0.4 is 15.4 Å². The van der Waals surface area contributed by atoms with Gasteiger partial charge in [0.05, 0.1) is 5.25 Å². The number of fused-ring (bicyclic) bond motifs is 2. The number of amides is 4. The molecule has 1 unspecified atom stereocenters. The molecule has 0 aromatic carbocycles. The minimum atomic E-state index is -3.76. The fraction of sp³-hybridized carbons (Fsp3) is 0.760. The molecule has 0 bridgehead atoms. The van der Waals surface area contributed by atoms with Gasteiger partial charge in [0, 0.05) is 18.9 Å². The van der Waals surface area contributed by atoms with Crippen LogP contribution >= 0.6 is 0 Å². The number of nitrogens with one attached hydrogen (secondary N) is 3. The quantitative estimate of drug-likeness (QED) is 0.449.